The topological polar surface area (TPSA) is 79.7 Å². The van der Waals surface area contributed by atoms with Gasteiger partial charge in [0, 0.05) is 12.4 Å². The predicted molar refractivity (Wildman–Crippen MR) is 64.1 cm³/mol. The molecule has 1 saturated heterocycles. The van der Waals surface area contributed by atoms with Crippen LogP contribution in [0, 0.1) is 0 Å². The molecule has 1 fully saturated rings. The van der Waals surface area contributed by atoms with E-state index in [0.717, 1.165) is 5.69 Å². The van der Waals surface area contributed by atoms with E-state index in [1.165, 1.54) is 16.2 Å². The third kappa shape index (κ3) is 2.85. The number of carbonyl (C=O) groups is 2. The Hall–Kier alpha value is -1.47. The van der Waals surface area contributed by atoms with Crippen LogP contribution in [0.2, 0.25) is 0 Å². The van der Waals surface area contributed by atoms with Crippen molar-refractivity contribution in [1.82, 2.24) is 9.88 Å². The number of thiazole rings is 1. The van der Waals surface area contributed by atoms with Gasteiger partial charge in [-0.3, -0.25) is 4.79 Å². The summed E-state index contributed by atoms with van der Waals surface area (Å²) in [6.07, 6.45) is -0.658. The predicted octanol–water partition coefficient (Wildman–Crippen LogP) is 0.734. The van der Waals surface area contributed by atoms with Crippen LogP contribution < -0.4 is 0 Å². The van der Waals surface area contributed by atoms with Crippen LogP contribution in [-0.4, -0.2) is 46.1 Å². The van der Waals surface area contributed by atoms with Crippen LogP contribution >= 0.6 is 11.3 Å². The number of amides is 1. The summed E-state index contributed by atoms with van der Waals surface area (Å²) >= 11 is 1.47. The average molecular weight is 270 g/mol. The van der Waals surface area contributed by atoms with Crippen LogP contribution in [0.4, 0.5) is 0 Å². The molecule has 2 atom stereocenters. The first-order valence-corrected chi connectivity index (χ1v) is 6.52. The second kappa shape index (κ2) is 5.45. The molecule has 0 spiro atoms. The molecule has 2 rings (SSSR count). The van der Waals surface area contributed by atoms with Crippen molar-refractivity contribution in [2.75, 3.05) is 7.05 Å². The molecule has 0 saturated carbocycles. The largest absolute Gasteiger partial charge is 0.479 e. The van der Waals surface area contributed by atoms with E-state index in [9.17, 15) is 9.59 Å². The number of hydrogen-bond acceptors (Lipinski definition) is 5. The van der Waals surface area contributed by atoms with Crippen LogP contribution in [-0.2, 0) is 20.9 Å². The zero-order valence-corrected chi connectivity index (χ0v) is 10.7. The highest BCUT2D eigenvalue weighted by atomic mass is 32.1. The minimum atomic E-state index is -1.01. The normalized spacial score (nSPS) is 22.9. The summed E-state index contributed by atoms with van der Waals surface area (Å²) in [5, 5.41) is 10.7. The van der Waals surface area contributed by atoms with Crippen LogP contribution in [0.3, 0.4) is 0 Å². The molecule has 0 unspecified atom stereocenters. The summed E-state index contributed by atoms with van der Waals surface area (Å²) in [7, 11) is 1.67. The lowest BCUT2D eigenvalue weighted by Gasteiger charge is -2.20. The van der Waals surface area contributed by atoms with Crippen molar-refractivity contribution >= 4 is 23.2 Å². The summed E-state index contributed by atoms with van der Waals surface area (Å²) in [5.41, 5.74) is 2.53. The monoisotopic (exact) mass is 270 g/mol. The molecule has 1 aliphatic heterocycles. The summed E-state index contributed by atoms with van der Waals surface area (Å²) in [6.45, 7) is 0.417. The second-order valence-corrected chi connectivity index (χ2v) is 4.92. The fourth-order valence-corrected chi connectivity index (χ4v) is 2.43. The van der Waals surface area contributed by atoms with Crippen molar-refractivity contribution in [2.45, 2.75) is 31.6 Å². The highest BCUT2D eigenvalue weighted by Gasteiger charge is 2.36. The molecule has 1 amide bonds. The van der Waals surface area contributed by atoms with Crippen molar-refractivity contribution in [2.24, 2.45) is 0 Å². The van der Waals surface area contributed by atoms with Crippen LogP contribution in [0.15, 0.2) is 10.9 Å². The Labute approximate surface area is 108 Å². The van der Waals surface area contributed by atoms with Gasteiger partial charge in [-0.15, -0.1) is 11.3 Å². The summed E-state index contributed by atoms with van der Waals surface area (Å²) in [6, 6.07) is 0. The van der Waals surface area contributed by atoms with Gasteiger partial charge >= 0.3 is 5.97 Å². The number of carbonyl (C=O) groups excluding carboxylic acids is 1. The van der Waals surface area contributed by atoms with E-state index in [0.29, 0.717) is 19.4 Å². The molecule has 1 aromatic rings. The van der Waals surface area contributed by atoms with E-state index in [1.807, 2.05) is 5.38 Å². The molecule has 6 nitrogen and oxygen atoms in total. The highest BCUT2D eigenvalue weighted by Crippen LogP contribution is 2.21. The van der Waals surface area contributed by atoms with Gasteiger partial charge in [-0.2, -0.15) is 0 Å². The Morgan fingerprint density at radius 3 is 2.83 bits per heavy atom. The first kappa shape index (κ1) is 13.0. The van der Waals surface area contributed by atoms with Gasteiger partial charge < -0.3 is 14.7 Å². The summed E-state index contributed by atoms with van der Waals surface area (Å²) < 4.78 is 5.22. The fraction of sp³-hybridized carbons (Fsp3) is 0.545. The molecule has 0 aliphatic carbocycles. The van der Waals surface area contributed by atoms with E-state index >= 15 is 0 Å². The molecule has 2 heterocycles. The van der Waals surface area contributed by atoms with Gasteiger partial charge in [-0.05, 0) is 12.8 Å². The lowest BCUT2D eigenvalue weighted by atomic mass is 10.2. The Kier molecular flexibility index (Phi) is 3.93. The number of carboxylic acid groups (broad SMARTS) is 1. The van der Waals surface area contributed by atoms with Crippen LogP contribution in [0.1, 0.15) is 18.5 Å². The van der Waals surface area contributed by atoms with Crippen LogP contribution in [0.5, 0.6) is 0 Å². The first-order valence-electron chi connectivity index (χ1n) is 5.58. The summed E-state index contributed by atoms with van der Waals surface area (Å²) in [4.78, 5) is 28.4. The Balaban J connectivity index is 1.90. The molecule has 7 heteroatoms. The van der Waals surface area contributed by atoms with Crippen molar-refractivity contribution < 1.29 is 19.4 Å². The van der Waals surface area contributed by atoms with E-state index in [-0.39, 0.29) is 5.91 Å². The Bertz CT molecular complexity index is 434. The molecular formula is C11H14N2O4S. The maximum atomic E-state index is 12.0. The zero-order valence-electron chi connectivity index (χ0n) is 9.91. The smallest absolute Gasteiger partial charge is 0.332 e. The number of ether oxygens (including phenoxy) is 1. The first-order chi connectivity index (χ1) is 8.58. The van der Waals surface area contributed by atoms with Gasteiger partial charge in [0.15, 0.2) is 6.10 Å². The van der Waals surface area contributed by atoms with Gasteiger partial charge in [0.2, 0.25) is 0 Å². The molecule has 0 aromatic carbocycles. The number of carboxylic acids is 1. The van der Waals surface area contributed by atoms with Crippen molar-refractivity contribution in [3.05, 3.63) is 16.6 Å². The number of rotatable bonds is 4. The van der Waals surface area contributed by atoms with Crippen molar-refractivity contribution in [3.63, 3.8) is 0 Å². The standard InChI is InChI=1S/C11H14N2O4S/c1-13(4-7-5-18-6-12-7)10(14)8-2-3-9(17-8)11(15)16/h5-6,8-9H,2-4H2,1H3,(H,15,16)/t8-,9+/m0/s1. The number of nitrogens with zero attached hydrogens (tertiary/aromatic N) is 2. The average Bonchev–Trinajstić information content (AvgIpc) is 2.98. The molecule has 0 radical (unpaired) electrons. The zero-order chi connectivity index (χ0) is 13.1. The SMILES string of the molecule is CN(Cc1cscn1)C(=O)[C@@H]1CC[C@H](C(=O)O)O1. The Morgan fingerprint density at radius 2 is 2.28 bits per heavy atom. The van der Waals surface area contributed by atoms with E-state index in [1.54, 1.807) is 12.6 Å². The molecular weight excluding hydrogens is 256 g/mol. The van der Waals surface area contributed by atoms with Crippen LogP contribution in [0.25, 0.3) is 0 Å². The molecule has 0 bridgehead atoms. The number of aromatic nitrogens is 1. The number of aliphatic carboxylic acids is 1. The van der Waals surface area contributed by atoms with E-state index in [4.69, 9.17) is 9.84 Å². The van der Waals surface area contributed by atoms with Gasteiger partial charge in [0.05, 0.1) is 17.7 Å². The lowest BCUT2D eigenvalue weighted by Crippen LogP contribution is -2.36. The Morgan fingerprint density at radius 1 is 1.56 bits per heavy atom. The lowest BCUT2D eigenvalue weighted by molar-refractivity contribution is -0.154. The maximum absolute atomic E-state index is 12.0. The number of hydrogen-bond donors (Lipinski definition) is 1. The molecule has 18 heavy (non-hydrogen) atoms. The van der Waals surface area contributed by atoms with Gasteiger partial charge in [-0.1, -0.05) is 0 Å². The maximum Gasteiger partial charge on any atom is 0.332 e. The fourth-order valence-electron chi connectivity index (χ4n) is 1.88. The minimum absolute atomic E-state index is 0.188. The third-order valence-electron chi connectivity index (χ3n) is 2.83. The van der Waals surface area contributed by atoms with Crippen molar-refractivity contribution in [3.8, 4) is 0 Å². The van der Waals surface area contributed by atoms with Gasteiger partial charge in [-0.25, -0.2) is 9.78 Å². The second-order valence-electron chi connectivity index (χ2n) is 4.20. The summed E-state index contributed by atoms with van der Waals surface area (Å²) in [5.74, 6) is -1.20. The van der Waals surface area contributed by atoms with Gasteiger partial charge in [0.1, 0.15) is 6.10 Å². The highest BCUT2D eigenvalue weighted by molar-refractivity contribution is 7.07. The van der Waals surface area contributed by atoms with Crippen molar-refractivity contribution in [1.29, 1.82) is 0 Å². The molecule has 1 N–H and O–H groups in total. The molecule has 1 aromatic heterocycles. The quantitative estimate of drug-likeness (QED) is 0.872. The molecule has 98 valence electrons. The molecule has 1 aliphatic rings. The van der Waals surface area contributed by atoms with Gasteiger partial charge in [0.25, 0.3) is 5.91 Å². The third-order valence-corrected chi connectivity index (χ3v) is 3.46. The number of likely N-dealkylation sites (N-methyl/N-ethyl adjacent to an activating group) is 1. The van der Waals surface area contributed by atoms with E-state index in [2.05, 4.69) is 4.98 Å². The van der Waals surface area contributed by atoms with E-state index < -0.39 is 18.2 Å². The minimum Gasteiger partial charge on any atom is -0.479 e.